The van der Waals surface area contributed by atoms with Gasteiger partial charge in [0.25, 0.3) is 0 Å². The molecule has 0 fully saturated rings. The van der Waals surface area contributed by atoms with Crippen molar-refractivity contribution < 1.29 is 0 Å². The highest BCUT2D eigenvalue weighted by Crippen LogP contribution is 2.19. The first kappa shape index (κ1) is 11.5. The summed E-state index contributed by atoms with van der Waals surface area (Å²) in [5.74, 6) is 0. The Labute approximate surface area is 90.2 Å². The Morgan fingerprint density at radius 1 is 1.29 bits per heavy atom. The van der Waals surface area contributed by atoms with Crippen molar-refractivity contribution >= 4 is 11.6 Å². The van der Waals surface area contributed by atoms with Crippen LogP contribution in [0.4, 0.5) is 0 Å². The van der Waals surface area contributed by atoms with Gasteiger partial charge in [-0.15, -0.1) is 0 Å². The molecule has 1 rings (SSSR count). The number of rotatable bonds is 5. The van der Waals surface area contributed by atoms with E-state index in [1.807, 2.05) is 24.3 Å². The summed E-state index contributed by atoms with van der Waals surface area (Å²) in [6.07, 6.45) is 3.08. The summed E-state index contributed by atoms with van der Waals surface area (Å²) in [6.45, 7) is 0.738. The summed E-state index contributed by atoms with van der Waals surface area (Å²) in [5.41, 5.74) is 12.5. The highest BCUT2D eigenvalue weighted by Gasteiger charge is 2.05. The highest BCUT2D eigenvalue weighted by atomic mass is 35.5. The molecule has 0 aliphatic heterocycles. The van der Waals surface area contributed by atoms with Crippen LogP contribution in [0.1, 0.15) is 30.9 Å². The van der Waals surface area contributed by atoms with Crippen LogP contribution >= 0.6 is 11.6 Å². The van der Waals surface area contributed by atoms with Gasteiger partial charge in [0.2, 0.25) is 0 Å². The zero-order chi connectivity index (χ0) is 10.4. The number of halogens is 1. The third kappa shape index (κ3) is 3.66. The van der Waals surface area contributed by atoms with Crippen LogP contribution in [-0.2, 0) is 0 Å². The molecule has 0 amide bonds. The summed E-state index contributed by atoms with van der Waals surface area (Å²) < 4.78 is 0. The monoisotopic (exact) mass is 212 g/mol. The molecule has 0 aromatic heterocycles. The van der Waals surface area contributed by atoms with Gasteiger partial charge in [-0.1, -0.05) is 30.2 Å². The molecule has 1 aromatic rings. The van der Waals surface area contributed by atoms with Crippen LogP contribution < -0.4 is 11.5 Å². The molecule has 0 aliphatic carbocycles. The normalized spacial score (nSPS) is 12.8. The van der Waals surface area contributed by atoms with E-state index < -0.39 is 0 Å². The van der Waals surface area contributed by atoms with Gasteiger partial charge in [-0.2, -0.15) is 0 Å². The van der Waals surface area contributed by atoms with E-state index >= 15 is 0 Å². The summed E-state index contributed by atoms with van der Waals surface area (Å²) in [5, 5.41) is 0.747. The first-order valence-corrected chi connectivity index (χ1v) is 5.33. The van der Waals surface area contributed by atoms with Crippen molar-refractivity contribution in [1.82, 2.24) is 0 Å². The van der Waals surface area contributed by atoms with Gasteiger partial charge >= 0.3 is 0 Å². The van der Waals surface area contributed by atoms with Crippen LogP contribution in [0.25, 0.3) is 0 Å². The van der Waals surface area contributed by atoms with E-state index in [1.165, 1.54) is 0 Å². The van der Waals surface area contributed by atoms with Crippen molar-refractivity contribution in [2.45, 2.75) is 25.3 Å². The fourth-order valence-corrected chi connectivity index (χ4v) is 1.61. The second-order valence-electron chi connectivity index (χ2n) is 3.45. The van der Waals surface area contributed by atoms with Gasteiger partial charge in [0.15, 0.2) is 0 Å². The predicted molar refractivity (Wildman–Crippen MR) is 61.3 cm³/mol. The fourth-order valence-electron chi connectivity index (χ4n) is 1.41. The molecule has 0 spiro atoms. The van der Waals surface area contributed by atoms with Crippen LogP contribution in [0.15, 0.2) is 24.3 Å². The van der Waals surface area contributed by atoms with E-state index in [-0.39, 0.29) is 6.04 Å². The first-order valence-electron chi connectivity index (χ1n) is 4.95. The van der Waals surface area contributed by atoms with Gasteiger partial charge in [0.05, 0.1) is 0 Å². The van der Waals surface area contributed by atoms with Crippen LogP contribution in [-0.4, -0.2) is 6.54 Å². The maximum absolute atomic E-state index is 6.01. The average molecular weight is 213 g/mol. The van der Waals surface area contributed by atoms with Crippen molar-refractivity contribution in [2.24, 2.45) is 11.5 Å². The Kier molecular flexibility index (Phi) is 4.94. The quantitative estimate of drug-likeness (QED) is 0.737. The second-order valence-corrected chi connectivity index (χ2v) is 3.88. The average Bonchev–Trinajstić information content (AvgIpc) is 2.18. The Morgan fingerprint density at radius 2 is 2.07 bits per heavy atom. The largest absolute Gasteiger partial charge is 0.330 e. The zero-order valence-corrected chi connectivity index (χ0v) is 9.00. The van der Waals surface area contributed by atoms with Gasteiger partial charge in [-0.05, 0) is 37.1 Å². The Morgan fingerprint density at radius 3 is 2.71 bits per heavy atom. The third-order valence-corrected chi connectivity index (χ3v) is 2.48. The minimum absolute atomic E-state index is 0.0836. The Balaban J connectivity index is 2.47. The van der Waals surface area contributed by atoms with E-state index in [9.17, 15) is 0 Å². The predicted octanol–water partition coefficient (Wildman–Crippen LogP) is 2.47. The number of benzene rings is 1. The minimum atomic E-state index is 0.0836. The summed E-state index contributed by atoms with van der Waals surface area (Å²) in [4.78, 5) is 0. The van der Waals surface area contributed by atoms with Crippen molar-refractivity contribution in [1.29, 1.82) is 0 Å². The molecule has 0 radical (unpaired) electrons. The lowest BCUT2D eigenvalue weighted by Crippen LogP contribution is -2.10. The topological polar surface area (TPSA) is 52.0 Å². The molecular weight excluding hydrogens is 196 g/mol. The van der Waals surface area contributed by atoms with Crippen molar-refractivity contribution in [2.75, 3.05) is 6.54 Å². The Hall–Kier alpha value is -0.570. The summed E-state index contributed by atoms with van der Waals surface area (Å²) in [6, 6.07) is 7.81. The molecule has 4 N–H and O–H groups in total. The minimum Gasteiger partial charge on any atom is -0.330 e. The standard InChI is InChI=1S/C11H17ClN2/c12-10-5-3-4-9(8-10)11(14)6-1-2-7-13/h3-5,8,11H,1-2,6-7,13-14H2/t11-/m0/s1. The van der Waals surface area contributed by atoms with Gasteiger partial charge in [0.1, 0.15) is 0 Å². The molecule has 1 aromatic carbocycles. The number of unbranched alkanes of at least 4 members (excludes halogenated alkanes) is 1. The number of hydrogen-bond donors (Lipinski definition) is 2. The van der Waals surface area contributed by atoms with Gasteiger partial charge < -0.3 is 11.5 Å². The van der Waals surface area contributed by atoms with Crippen LogP contribution in [0, 0.1) is 0 Å². The second kappa shape index (κ2) is 6.02. The van der Waals surface area contributed by atoms with Crippen molar-refractivity contribution in [3.05, 3.63) is 34.9 Å². The van der Waals surface area contributed by atoms with Crippen LogP contribution in [0.5, 0.6) is 0 Å². The van der Waals surface area contributed by atoms with Gasteiger partial charge in [0, 0.05) is 11.1 Å². The Bertz CT molecular complexity index is 276. The lowest BCUT2D eigenvalue weighted by Gasteiger charge is -2.11. The van der Waals surface area contributed by atoms with E-state index in [2.05, 4.69) is 0 Å². The lowest BCUT2D eigenvalue weighted by molar-refractivity contribution is 0.591. The molecule has 3 heteroatoms. The SMILES string of the molecule is NCCCC[C@H](N)c1cccc(Cl)c1. The van der Waals surface area contributed by atoms with Crippen LogP contribution in [0.3, 0.4) is 0 Å². The maximum atomic E-state index is 6.01. The van der Waals surface area contributed by atoms with Crippen molar-refractivity contribution in [3.8, 4) is 0 Å². The summed E-state index contributed by atoms with van der Waals surface area (Å²) in [7, 11) is 0. The molecule has 0 aliphatic rings. The van der Waals surface area contributed by atoms with E-state index in [0.717, 1.165) is 36.4 Å². The first-order chi connectivity index (χ1) is 6.74. The van der Waals surface area contributed by atoms with E-state index in [4.69, 9.17) is 23.1 Å². The van der Waals surface area contributed by atoms with Crippen LogP contribution in [0.2, 0.25) is 5.02 Å². The molecule has 78 valence electrons. The molecule has 0 bridgehead atoms. The number of hydrogen-bond acceptors (Lipinski definition) is 2. The maximum Gasteiger partial charge on any atom is 0.0409 e. The molecule has 0 saturated carbocycles. The summed E-state index contributed by atoms with van der Waals surface area (Å²) >= 11 is 5.87. The lowest BCUT2D eigenvalue weighted by atomic mass is 10.0. The van der Waals surface area contributed by atoms with E-state index in [1.54, 1.807) is 0 Å². The molecule has 2 nitrogen and oxygen atoms in total. The molecule has 0 unspecified atom stereocenters. The van der Waals surface area contributed by atoms with Gasteiger partial charge in [-0.3, -0.25) is 0 Å². The smallest absolute Gasteiger partial charge is 0.0409 e. The molecule has 0 heterocycles. The molecule has 14 heavy (non-hydrogen) atoms. The molecule has 1 atom stereocenters. The molecule has 0 saturated heterocycles. The molecular formula is C11H17ClN2. The van der Waals surface area contributed by atoms with Crippen molar-refractivity contribution in [3.63, 3.8) is 0 Å². The highest BCUT2D eigenvalue weighted by molar-refractivity contribution is 6.30. The van der Waals surface area contributed by atoms with Gasteiger partial charge in [-0.25, -0.2) is 0 Å². The van der Waals surface area contributed by atoms with E-state index in [0.29, 0.717) is 0 Å². The number of nitrogens with two attached hydrogens (primary N) is 2. The fraction of sp³-hybridized carbons (Fsp3) is 0.455. The zero-order valence-electron chi connectivity index (χ0n) is 8.25. The third-order valence-electron chi connectivity index (χ3n) is 2.25.